The van der Waals surface area contributed by atoms with Crippen LogP contribution < -0.4 is 10.1 Å². The first-order chi connectivity index (χ1) is 13.0. The number of nitrogens with one attached hydrogen (secondary N) is 1. The fourth-order valence-corrected chi connectivity index (χ4v) is 3.96. The molecule has 2 heterocycles. The average Bonchev–Trinajstić information content (AvgIpc) is 2.80. The van der Waals surface area contributed by atoms with E-state index in [2.05, 4.69) is 52.4 Å². The van der Waals surface area contributed by atoms with Gasteiger partial charge in [0.05, 0.1) is 4.47 Å². The van der Waals surface area contributed by atoms with Crippen LogP contribution in [0.15, 0.2) is 50.5 Å². The van der Waals surface area contributed by atoms with E-state index in [1.165, 1.54) is 11.8 Å². The Morgan fingerprint density at radius 1 is 1.19 bits per heavy atom. The third-order valence-corrected chi connectivity index (χ3v) is 5.78. The molecular formula is C18H14Br2N4O2S. The highest BCUT2D eigenvalue weighted by molar-refractivity contribution is 9.10. The van der Waals surface area contributed by atoms with E-state index in [9.17, 15) is 5.11 Å². The molecule has 1 aliphatic rings. The number of aromatic hydroxyl groups is 1. The molecule has 27 heavy (non-hydrogen) atoms. The van der Waals surface area contributed by atoms with Crippen molar-refractivity contribution < 1.29 is 9.84 Å². The summed E-state index contributed by atoms with van der Waals surface area (Å²) in [6, 6.07) is 11.1. The van der Waals surface area contributed by atoms with E-state index in [1.54, 1.807) is 12.1 Å². The van der Waals surface area contributed by atoms with Crippen LogP contribution in [0.5, 0.6) is 11.6 Å². The van der Waals surface area contributed by atoms with Crippen LogP contribution in [0.4, 0.5) is 5.69 Å². The standard InChI is InChI=1S/C18H14Br2N4O2S/c1-2-27-18-22-17-15(23-24-18)11-8-10(19)4-5-13(11)21-16(26-17)9-3-6-14(25)12(20)7-9/h3-8,16,21,25H,2H2,1H3/t16-/m1/s1. The summed E-state index contributed by atoms with van der Waals surface area (Å²) < 4.78 is 7.71. The first kappa shape index (κ1) is 18.5. The number of anilines is 1. The quantitative estimate of drug-likeness (QED) is 0.458. The van der Waals surface area contributed by atoms with Crippen LogP contribution in [0.25, 0.3) is 11.3 Å². The predicted octanol–water partition coefficient (Wildman–Crippen LogP) is 5.38. The van der Waals surface area contributed by atoms with E-state index in [0.717, 1.165) is 27.0 Å². The van der Waals surface area contributed by atoms with Crippen LogP contribution in [0.3, 0.4) is 0 Å². The Hall–Kier alpha value is -1.84. The van der Waals surface area contributed by atoms with Gasteiger partial charge in [-0.3, -0.25) is 0 Å². The number of aromatic nitrogens is 3. The first-order valence-electron chi connectivity index (χ1n) is 8.14. The second kappa shape index (κ2) is 7.65. The third-order valence-electron chi connectivity index (χ3n) is 3.94. The van der Waals surface area contributed by atoms with Gasteiger partial charge in [0.15, 0.2) is 11.9 Å². The van der Waals surface area contributed by atoms with Gasteiger partial charge in [-0.1, -0.05) is 34.6 Å². The summed E-state index contributed by atoms with van der Waals surface area (Å²) in [5.41, 5.74) is 3.13. The Morgan fingerprint density at radius 2 is 2.04 bits per heavy atom. The van der Waals surface area contributed by atoms with Crippen LogP contribution in [-0.2, 0) is 0 Å². The number of phenols is 1. The molecule has 0 fully saturated rings. The molecule has 4 rings (SSSR count). The highest BCUT2D eigenvalue weighted by atomic mass is 79.9. The fraction of sp³-hybridized carbons (Fsp3) is 0.167. The van der Waals surface area contributed by atoms with Crippen molar-refractivity contribution in [1.29, 1.82) is 0 Å². The largest absolute Gasteiger partial charge is 0.507 e. The molecule has 0 unspecified atom stereocenters. The summed E-state index contributed by atoms with van der Waals surface area (Å²) >= 11 is 8.37. The molecule has 0 saturated carbocycles. The van der Waals surface area contributed by atoms with Gasteiger partial charge in [0.25, 0.3) is 0 Å². The number of halogens is 2. The first-order valence-corrected chi connectivity index (χ1v) is 10.7. The van der Waals surface area contributed by atoms with E-state index in [0.29, 0.717) is 21.2 Å². The number of thioether (sulfide) groups is 1. The lowest BCUT2D eigenvalue weighted by Gasteiger charge is -2.19. The highest BCUT2D eigenvalue weighted by Gasteiger charge is 2.26. The molecule has 1 atom stereocenters. The van der Waals surface area contributed by atoms with Crippen molar-refractivity contribution in [1.82, 2.24) is 15.2 Å². The van der Waals surface area contributed by atoms with Crippen LogP contribution in [-0.4, -0.2) is 26.0 Å². The van der Waals surface area contributed by atoms with Gasteiger partial charge in [-0.2, -0.15) is 4.98 Å². The SMILES string of the molecule is CCSc1nnc2c(n1)O[C@H](c1ccc(O)c(Br)c1)Nc1ccc(Br)cc1-2. The molecule has 1 aliphatic heterocycles. The zero-order valence-electron chi connectivity index (χ0n) is 14.1. The van der Waals surface area contributed by atoms with Crippen molar-refractivity contribution in [3.8, 4) is 22.9 Å². The normalized spacial score (nSPS) is 15.1. The molecule has 9 heteroatoms. The van der Waals surface area contributed by atoms with Gasteiger partial charge in [0.1, 0.15) is 5.75 Å². The zero-order chi connectivity index (χ0) is 19.0. The van der Waals surface area contributed by atoms with E-state index < -0.39 is 6.23 Å². The summed E-state index contributed by atoms with van der Waals surface area (Å²) in [5.74, 6) is 1.43. The Labute approximate surface area is 177 Å². The van der Waals surface area contributed by atoms with Crippen molar-refractivity contribution in [2.45, 2.75) is 18.3 Å². The van der Waals surface area contributed by atoms with Gasteiger partial charge in [0.2, 0.25) is 11.0 Å². The second-order valence-corrected chi connectivity index (χ2v) is 8.73. The number of ether oxygens (including phenoxy) is 1. The number of hydrogen-bond donors (Lipinski definition) is 2. The summed E-state index contributed by atoms with van der Waals surface area (Å²) in [6.45, 7) is 2.03. The summed E-state index contributed by atoms with van der Waals surface area (Å²) in [6.07, 6.45) is -0.501. The minimum atomic E-state index is -0.501. The van der Waals surface area contributed by atoms with Crippen molar-refractivity contribution in [2.24, 2.45) is 0 Å². The highest BCUT2D eigenvalue weighted by Crippen LogP contribution is 2.41. The molecule has 0 bridgehead atoms. The van der Waals surface area contributed by atoms with Crippen molar-refractivity contribution in [2.75, 3.05) is 11.1 Å². The molecule has 2 N–H and O–H groups in total. The van der Waals surface area contributed by atoms with E-state index in [1.807, 2.05) is 31.2 Å². The second-order valence-electron chi connectivity index (χ2n) is 5.72. The molecule has 0 radical (unpaired) electrons. The van der Waals surface area contributed by atoms with Crippen LogP contribution in [0, 0.1) is 0 Å². The average molecular weight is 510 g/mol. The summed E-state index contributed by atoms with van der Waals surface area (Å²) in [4.78, 5) is 4.56. The Balaban J connectivity index is 1.85. The van der Waals surface area contributed by atoms with E-state index >= 15 is 0 Å². The lowest BCUT2D eigenvalue weighted by Crippen LogP contribution is -2.17. The smallest absolute Gasteiger partial charge is 0.247 e. The minimum Gasteiger partial charge on any atom is -0.507 e. The van der Waals surface area contributed by atoms with E-state index in [-0.39, 0.29) is 5.75 Å². The van der Waals surface area contributed by atoms with Gasteiger partial charge in [-0.05, 0) is 58.1 Å². The van der Waals surface area contributed by atoms with Gasteiger partial charge >= 0.3 is 0 Å². The zero-order valence-corrected chi connectivity index (χ0v) is 18.1. The molecule has 0 spiro atoms. The minimum absolute atomic E-state index is 0.169. The molecule has 0 saturated heterocycles. The van der Waals surface area contributed by atoms with Crippen LogP contribution in [0.2, 0.25) is 0 Å². The molecular weight excluding hydrogens is 496 g/mol. The van der Waals surface area contributed by atoms with Crippen LogP contribution in [0.1, 0.15) is 18.7 Å². The fourth-order valence-electron chi connectivity index (χ4n) is 2.70. The third kappa shape index (κ3) is 3.76. The lowest BCUT2D eigenvalue weighted by atomic mass is 10.1. The summed E-state index contributed by atoms with van der Waals surface area (Å²) in [7, 11) is 0. The number of rotatable bonds is 3. The molecule has 1 aromatic heterocycles. The predicted molar refractivity (Wildman–Crippen MR) is 112 cm³/mol. The molecule has 138 valence electrons. The van der Waals surface area contributed by atoms with Gasteiger partial charge < -0.3 is 15.2 Å². The number of nitrogens with zero attached hydrogens (tertiary/aromatic N) is 3. The maximum atomic E-state index is 9.79. The molecule has 3 aromatic rings. The van der Waals surface area contributed by atoms with Crippen LogP contribution >= 0.6 is 43.6 Å². The Morgan fingerprint density at radius 3 is 2.81 bits per heavy atom. The maximum absolute atomic E-state index is 9.79. The monoisotopic (exact) mass is 508 g/mol. The number of benzene rings is 2. The van der Waals surface area contributed by atoms with Gasteiger partial charge in [-0.15, -0.1) is 10.2 Å². The molecule has 0 amide bonds. The van der Waals surface area contributed by atoms with Gasteiger partial charge in [-0.25, -0.2) is 0 Å². The number of phenolic OH excluding ortho intramolecular Hbond substituents is 1. The number of fused-ring (bicyclic) bond motifs is 3. The summed E-state index contributed by atoms with van der Waals surface area (Å²) in [5, 5.41) is 22.3. The Bertz CT molecular complexity index is 1020. The maximum Gasteiger partial charge on any atom is 0.247 e. The molecule has 0 aliphatic carbocycles. The number of hydrogen-bond acceptors (Lipinski definition) is 7. The van der Waals surface area contributed by atoms with Crippen molar-refractivity contribution in [3.63, 3.8) is 0 Å². The van der Waals surface area contributed by atoms with Crippen molar-refractivity contribution in [3.05, 3.63) is 50.9 Å². The van der Waals surface area contributed by atoms with E-state index in [4.69, 9.17) is 4.74 Å². The van der Waals surface area contributed by atoms with Crippen molar-refractivity contribution >= 4 is 49.3 Å². The van der Waals surface area contributed by atoms with Gasteiger partial charge in [0, 0.05) is 21.3 Å². The lowest BCUT2D eigenvalue weighted by molar-refractivity contribution is 0.225. The molecule has 6 nitrogen and oxygen atoms in total. The molecule has 2 aromatic carbocycles. The topological polar surface area (TPSA) is 80.2 Å². The Kier molecular flexibility index (Phi) is 5.25.